The molecule has 158 valence electrons. The number of fused-ring (bicyclic) bond motifs is 3. The summed E-state index contributed by atoms with van der Waals surface area (Å²) < 4.78 is 17.3. The standard InChI is InChI=1S/C24H33NO4/c1-23-9-5-10-24(15-28-24)21(23)12-17-18(22(26)29-20(17)13-23)14-25-11-8-16-6-3-4-7-19(16)27-2/h3-4,6-7,17-18,20-21,25H,5,8-15H2,1-2H3/t17-,18-,20+,21-,23+,24-/m0/s1. The van der Waals surface area contributed by atoms with E-state index < -0.39 is 0 Å². The minimum atomic E-state index is -0.0278. The fourth-order valence-electron chi connectivity index (χ4n) is 6.58. The number of carbonyl (C=O) groups excluding carboxylic acids is 1. The van der Waals surface area contributed by atoms with Crippen LogP contribution >= 0.6 is 0 Å². The van der Waals surface area contributed by atoms with E-state index in [1.807, 2.05) is 18.2 Å². The smallest absolute Gasteiger partial charge is 0.310 e. The first-order chi connectivity index (χ1) is 14.0. The van der Waals surface area contributed by atoms with E-state index in [1.54, 1.807) is 7.11 Å². The molecule has 2 aliphatic carbocycles. The van der Waals surface area contributed by atoms with Gasteiger partial charge < -0.3 is 19.5 Å². The fraction of sp³-hybridized carbons (Fsp3) is 0.708. The molecule has 1 spiro atoms. The van der Waals surface area contributed by atoms with Crippen molar-refractivity contribution in [1.29, 1.82) is 0 Å². The van der Waals surface area contributed by atoms with Crippen LogP contribution in [0.5, 0.6) is 5.75 Å². The Hall–Kier alpha value is -1.59. The second-order valence-corrected chi connectivity index (χ2v) is 9.87. The van der Waals surface area contributed by atoms with Gasteiger partial charge in [0, 0.05) is 12.5 Å². The van der Waals surface area contributed by atoms with Gasteiger partial charge in [0.05, 0.1) is 25.2 Å². The first-order valence-electron chi connectivity index (χ1n) is 11.2. The third kappa shape index (κ3) is 3.36. The fourth-order valence-corrected chi connectivity index (χ4v) is 6.58. The maximum absolute atomic E-state index is 12.7. The van der Waals surface area contributed by atoms with Crippen molar-refractivity contribution >= 4 is 5.97 Å². The summed E-state index contributed by atoms with van der Waals surface area (Å²) in [6, 6.07) is 8.12. The Labute approximate surface area is 173 Å². The monoisotopic (exact) mass is 399 g/mol. The van der Waals surface area contributed by atoms with Crippen molar-refractivity contribution < 1.29 is 19.0 Å². The minimum absolute atomic E-state index is 0.00203. The van der Waals surface area contributed by atoms with Crippen molar-refractivity contribution in [2.24, 2.45) is 23.2 Å². The van der Waals surface area contributed by atoms with Crippen LogP contribution in [0.15, 0.2) is 24.3 Å². The van der Waals surface area contributed by atoms with Gasteiger partial charge in [-0.1, -0.05) is 25.1 Å². The highest BCUT2D eigenvalue weighted by Crippen LogP contribution is 2.62. The molecule has 0 bridgehead atoms. The van der Waals surface area contributed by atoms with Crippen molar-refractivity contribution in [3.05, 3.63) is 29.8 Å². The Morgan fingerprint density at radius 2 is 2.10 bits per heavy atom. The highest BCUT2D eigenvalue weighted by atomic mass is 16.6. The molecular weight excluding hydrogens is 366 g/mol. The molecule has 1 N–H and O–H groups in total. The molecule has 5 heteroatoms. The lowest BCUT2D eigenvalue weighted by atomic mass is 9.53. The molecule has 4 fully saturated rings. The van der Waals surface area contributed by atoms with Gasteiger partial charge in [0.15, 0.2) is 0 Å². The summed E-state index contributed by atoms with van der Waals surface area (Å²) >= 11 is 0. The van der Waals surface area contributed by atoms with Crippen molar-refractivity contribution in [1.82, 2.24) is 5.32 Å². The van der Waals surface area contributed by atoms with Gasteiger partial charge in [0.25, 0.3) is 0 Å². The molecule has 29 heavy (non-hydrogen) atoms. The van der Waals surface area contributed by atoms with Crippen LogP contribution in [-0.4, -0.2) is 44.5 Å². The van der Waals surface area contributed by atoms with E-state index in [1.165, 1.54) is 24.8 Å². The predicted octanol–water partition coefficient (Wildman–Crippen LogP) is 3.35. The zero-order valence-electron chi connectivity index (χ0n) is 17.6. The number of carbonyl (C=O) groups is 1. The van der Waals surface area contributed by atoms with Gasteiger partial charge in [0.2, 0.25) is 0 Å². The molecule has 1 aromatic rings. The van der Waals surface area contributed by atoms with Gasteiger partial charge in [-0.3, -0.25) is 4.79 Å². The Balaban J connectivity index is 1.21. The molecule has 0 unspecified atom stereocenters. The summed E-state index contributed by atoms with van der Waals surface area (Å²) in [6.07, 6.45) is 6.75. The number of esters is 1. The predicted molar refractivity (Wildman–Crippen MR) is 110 cm³/mol. The van der Waals surface area contributed by atoms with Crippen LogP contribution in [0.2, 0.25) is 0 Å². The Morgan fingerprint density at radius 3 is 2.90 bits per heavy atom. The van der Waals surface area contributed by atoms with E-state index in [9.17, 15) is 4.79 Å². The second-order valence-electron chi connectivity index (χ2n) is 9.87. The number of hydrogen-bond donors (Lipinski definition) is 1. The summed E-state index contributed by atoms with van der Waals surface area (Å²) in [7, 11) is 1.71. The summed E-state index contributed by atoms with van der Waals surface area (Å²) in [5.74, 6) is 1.81. The van der Waals surface area contributed by atoms with Gasteiger partial charge in [-0.15, -0.1) is 0 Å². The Morgan fingerprint density at radius 1 is 1.28 bits per heavy atom. The first-order valence-corrected chi connectivity index (χ1v) is 11.2. The molecule has 2 saturated carbocycles. The van der Waals surface area contributed by atoms with Crippen LogP contribution in [0.4, 0.5) is 0 Å². The summed E-state index contributed by atoms with van der Waals surface area (Å²) in [6.45, 7) is 4.85. The largest absolute Gasteiger partial charge is 0.496 e. The maximum Gasteiger partial charge on any atom is 0.310 e. The Bertz CT molecular complexity index is 776. The third-order valence-corrected chi connectivity index (χ3v) is 8.21. The van der Waals surface area contributed by atoms with Gasteiger partial charge in [-0.05, 0) is 68.0 Å². The molecule has 0 aromatic heterocycles. The molecule has 5 nitrogen and oxygen atoms in total. The first kappa shape index (κ1) is 19.4. The number of benzene rings is 1. The lowest BCUT2D eigenvalue weighted by Crippen LogP contribution is -2.51. The zero-order chi connectivity index (χ0) is 20.1. The summed E-state index contributed by atoms with van der Waals surface area (Å²) in [5.41, 5.74) is 1.58. The molecule has 2 aliphatic heterocycles. The molecular formula is C24H33NO4. The van der Waals surface area contributed by atoms with E-state index in [0.717, 1.165) is 38.2 Å². The SMILES string of the molecule is COc1ccccc1CCNC[C@@H]1C(=O)O[C@@H]2C[C@@]3(C)CCC[C@]4(CO4)[C@H]3C[C@@H]12. The van der Waals surface area contributed by atoms with Gasteiger partial charge >= 0.3 is 5.97 Å². The highest BCUT2D eigenvalue weighted by Gasteiger charge is 2.64. The summed E-state index contributed by atoms with van der Waals surface area (Å²) in [4.78, 5) is 12.7. The van der Waals surface area contributed by atoms with Gasteiger partial charge in [-0.2, -0.15) is 0 Å². The molecule has 2 heterocycles. The van der Waals surface area contributed by atoms with Crippen LogP contribution in [0.1, 0.15) is 44.6 Å². The number of nitrogens with one attached hydrogen (secondary N) is 1. The second kappa shape index (κ2) is 7.28. The maximum atomic E-state index is 12.7. The number of ether oxygens (including phenoxy) is 3. The summed E-state index contributed by atoms with van der Waals surface area (Å²) in [5, 5.41) is 3.52. The molecule has 5 rings (SSSR count). The number of methoxy groups -OCH3 is 1. The number of epoxide rings is 1. The quantitative estimate of drug-likeness (QED) is 0.452. The molecule has 2 saturated heterocycles. The van der Waals surface area contributed by atoms with Crippen LogP contribution in [0, 0.1) is 23.2 Å². The average molecular weight is 400 g/mol. The molecule has 4 aliphatic rings. The van der Waals surface area contributed by atoms with Crippen LogP contribution in [0.3, 0.4) is 0 Å². The number of para-hydroxylation sites is 1. The molecule has 1 aromatic carbocycles. The lowest BCUT2D eigenvalue weighted by Gasteiger charge is -2.51. The van der Waals surface area contributed by atoms with Crippen LogP contribution in [0.25, 0.3) is 0 Å². The molecule has 0 amide bonds. The zero-order valence-corrected chi connectivity index (χ0v) is 17.6. The van der Waals surface area contributed by atoms with E-state index in [0.29, 0.717) is 18.4 Å². The number of rotatable bonds is 6. The van der Waals surface area contributed by atoms with Crippen LogP contribution < -0.4 is 10.1 Å². The third-order valence-electron chi connectivity index (χ3n) is 8.21. The minimum Gasteiger partial charge on any atom is -0.496 e. The Kier molecular flexibility index (Phi) is 4.86. The van der Waals surface area contributed by atoms with Gasteiger partial charge in [-0.25, -0.2) is 0 Å². The van der Waals surface area contributed by atoms with Crippen molar-refractivity contribution in [2.45, 2.75) is 57.2 Å². The van der Waals surface area contributed by atoms with Gasteiger partial charge in [0.1, 0.15) is 11.9 Å². The van der Waals surface area contributed by atoms with Crippen molar-refractivity contribution in [3.63, 3.8) is 0 Å². The van der Waals surface area contributed by atoms with E-state index in [4.69, 9.17) is 14.2 Å². The lowest BCUT2D eigenvalue weighted by molar-refractivity contribution is -0.147. The molecule has 6 atom stereocenters. The van der Waals surface area contributed by atoms with Crippen molar-refractivity contribution in [2.75, 3.05) is 26.8 Å². The van der Waals surface area contributed by atoms with E-state index in [2.05, 4.69) is 18.3 Å². The van der Waals surface area contributed by atoms with Crippen LogP contribution in [-0.2, 0) is 20.7 Å². The van der Waals surface area contributed by atoms with E-state index >= 15 is 0 Å². The normalized spacial score (nSPS) is 40.3. The van der Waals surface area contributed by atoms with Crippen molar-refractivity contribution in [3.8, 4) is 5.75 Å². The average Bonchev–Trinajstić information content (AvgIpc) is 3.41. The number of hydrogen-bond acceptors (Lipinski definition) is 5. The van der Waals surface area contributed by atoms with E-state index in [-0.39, 0.29) is 29.0 Å². The topological polar surface area (TPSA) is 60.1 Å². The molecule has 0 radical (unpaired) electrons. The highest BCUT2D eigenvalue weighted by molar-refractivity contribution is 5.75.